The van der Waals surface area contributed by atoms with Crippen LogP contribution < -0.4 is 0 Å². The Morgan fingerprint density at radius 3 is 2.69 bits per heavy atom. The Labute approximate surface area is 94.6 Å². The van der Waals surface area contributed by atoms with Crippen LogP contribution in [0.3, 0.4) is 0 Å². The van der Waals surface area contributed by atoms with Gasteiger partial charge in [0.15, 0.2) is 0 Å². The van der Waals surface area contributed by atoms with Crippen molar-refractivity contribution in [1.29, 1.82) is 0 Å². The maximum atomic E-state index is 9.42. The molecule has 0 atom stereocenters. The average Bonchev–Trinajstić information content (AvgIpc) is 2.82. The molecule has 0 saturated carbocycles. The molecule has 16 heavy (non-hydrogen) atoms. The highest BCUT2D eigenvalue weighted by Crippen LogP contribution is 2.27. The minimum atomic E-state index is -0.289. The number of aliphatic hydroxyl groups is 1. The molecule has 0 radical (unpaired) electrons. The van der Waals surface area contributed by atoms with Gasteiger partial charge in [0.05, 0.1) is 12.3 Å². The zero-order valence-corrected chi connectivity index (χ0v) is 9.46. The summed E-state index contributed by atoms with van der Waals surface area (Å²) >= 11 is 0. The fourth-order valence-electron chi connectivity index (χ4n) is 1.66. The number of para-hydroxylation sites is 1. The maximum Gasteiger partial charge on any atom is 0.138 e. The number of benzene rings is 1. The Morgan fingerprint density at radius 2 is 2.06 bits per heavy atom. The normalized spacial score (nSPS) is 11.7. The molecule has 0 aliphatic heterocycles. The highest BCUT2D eigenvalue weighted by molar-refractivity contribution is 5.44. The summed E-state index contributed by atoms with van der Waals surface area (Å²) in [5, 5.41) is 13.5. The van der Waals surface area contributed by atoms with Crippen LogP contribution in [-0.4, -0.2) is 26.5 Å². The molecule has 0 amide bonds. The van der Waals surface area contributed by atoms with Crippen LogP contribution in [0.1, 0.15) is 19.4 Å². The Bertz CT molecular complexity index is 463. The second kappa shape index (κ2) is 4.06. The van der Waals surface area contributed by atoms with Crippen molar-refractivity contribution in [3.63, 3.8) is 0 Å². The summed E-state index contributed by atoms with van der Waals surface area (Å²) in [5.41, 5.74) is 1.73. The third-order valence-corrected chi connectivity index (χ3v) is 2.69. The van der Waals surface area contributed by atoms with Crippen molar-refractivity contribution in [3.05, 3.63) is 42.5 Å². The molecule has 84 valence electrons. The molecule has 1 heterocycles. The zero-order chi connectivity index (χ0) is 11.6. The average molecular weight is 217 g/mol. The highest BCUT2D eigenvalue weighted by atomic mass is 16.3. The van der Waals surface area contributed by atoms with Gasteiger partial charge < -0.3 is 5.11 Å². The Kier molecular flexibility index (Phi) is 2.75. The molecule has 4 nitrogen and oxygen atoms in total. The van der Waals surface area contributed by atoms with Gasteiger partial charge in [-0.25, -0.2) is 9.67 Å². The summed E-state index contributed by atoms with van der Waals surface area (Å²) in [5.74, 6) is 0. The first-order valence-corrected chi connectivity index (χ1v) is 5.20. The zero-order valence-electron chi connectivity index (χ0n) is 9.46. The molecule has 0 aliphatic carbocycles. The molecule has 0 fully saturated rings. The lowest BCUT2D eigenvalue weighted by Crippen LogP contribution is -2.24. The van der Waals surface area contributed by atoms with Gasteiger partial charge in [-0.05, 0) is 11.6 Å². The van der Waals surface area contributed by atoms with E-state index in [2.05, 4.69) is 10.1 Å². The minimum absolute atomic E-state index is 0.0959. The van der Waals surface area contributed by atoms with Crippen molar-refractivity contribution in [1.82, 2.24) is 14.8 Å². The van der Waals surface area contributed by atoms with Gasteiger partial charge >= 0.3 is 0 Å². The number of rotatable bonds is 3. The molecule has 0 aliphatic rings. The smallest absolute Gasteiger partial charge is 0.138 e. The molecule has 4 heteroatoms. The molecule has 2 rings (SSSR count). The van der Waals surface area contributed by atoms with Crippen molar-refractivity contribution >= 4 is 0 Å². The largest absolute Gasteiger partial charge is 0.395 e. The van der Waals surface area contributed by atoms with E-state index in [1.54, 1.807) is 11.0 Å². The highest BCUT2D eigenvalue weighted by Gasteiger charge is 2.23. The number of hydrogen-bond donors (Lipinski definition) is 1. The van der Waals surface area contributed by atoms with Crippen LogP contribution >= 0.6 is 0 Å². The molecular formula is C12H15N3O. The monoisotopic (exact) mass is 217 g/mol. The number of nitrogens with zero attached hydrogens (tertiary/aromatic N) is 3. The second-order valence-electron chi connectivity index (χ2n) is 4.40. The molecule has 0 unspecified atom stereocenters. The lowest BCUT2D eigenvalue weighted by atomic mass is 9.84. The van der Waals surface area contributed by atoms with Crippen molar-refractivity contribution in [2.45, 2.75) is 19.3 Å². The van der Waals surface area contributed by atoms with Crippen LogP contribution in [0.5, 0.6) is 0 Å². The van der Waals surface area contributed by atoms with E-state index in [-0.39, 0.29) is 12.0 Å². The molecule has 1 aromatic carbocycles. The molecule has 0 saturated heterocycles. The molecule has 0 bridgehead atoms. The van der Waals surface area contributed by atoms with E-state index >= 15 is 0 Å². The molecular weight excluding hydrogens is 202 g/mol. The predicted octanol–water partition coefficient (Wildman–Crippen LogP) is 1.54. The first-order chi connectivity index (χ1) is 7.65. The van der Waals surface area contributed by atoms with Crippen LogP contribution in [-0.2, 0) is 5.41 Å². The Morgan fingerprint density at radius 1 is 1.31 bits per heavy atom. The summed E-state index contributed by atoms with van der Waals surface area (Å²) in [6.45, 7) is 4.10. The van der Waals surface area contributed by atoms with Gasteiger partial charge in [0, 0.05) is 5.41 Å². The van der Waals surface area contributed by atoms with Crippen LogP contribution in [0.15, 0.2) is 36.9 Å². The van der Waals surface area contributed by atoms with Gasteiger partial charge in [-0.3, -0.25) is 0 Å². The van der Waals surface area contributed by atoms with E-state index in [4.69, 9.17) is 0 Å². The number of aliphatic hydroxyl groups excluding tert-OH is 1. The summed E-state index contributed by atoms with van der Waals surface area (Å²) < 4.78 is 1.72. The maximum absolute atomic E-state index is 9.42. The van der Waals surface area contributed by atoms with Crippen LogP contribution in [0, 0.1) is 0 Å². The van der Waals surface area contributed by atoms with E-state index in [0.29, 0.717) is 0 Å². The van der Waals surface area contributed by atoms with Crippen molar-refractivity contribution in [2.24, 2.45) is 0 Å². The number of aromatic nitrogens is 3. The second-order valence-corrected chi connectivity index (χ2v) is 4.40. The molecule has 0 spiro atoms. The Hall–Kier alpha value is -1.68. The van der Waals surface area contributed by atoms with Crippen molar-refractivity contribution < 1.29 is 5.11 Å². The van der Waals surface area contributed by atoms with Crippen LogP contribution in [0.25, 0.3) is 5.69 Å². The lowest BCUT2D eigenvalue weighted by Gasteiger charge is -2.24. The summed E-state index contributed by atoms with van der Waals surface area (Å²) in [4.78, 5) is 3.94. The van der Waals surface area contributed by atoms with Gasteiger partial charge in [0.25, 0.3) is 0 Å². The SMILES string of the molecule is CC(C)(CO)c1ccccc1-n1cncn1. The van der Waals surface area contributed by atoms with E-state index in [9.17, 15) is 5.11 Å². The first-order valence-electron chi connectivity index (χ1n) is 5.20. The van der Waals surface area contributed by atoms with Crippen LogP contribution in [0.2, 0.25) is 0 Å². The van der Waals surface area contributed by atoms with Crippen LogP contribution in [0.4, 0.5) is 0 Å². The summed E-state index contributed by atoms with van der Waals surface area (Å²) in [6, 6.07) is 7.90. The van der Waals surface area contributed by atoms with Crippen molar-refractivity contribution in [2.75, 3.05) is 6.61 Å². The topological polar surface area (TPSA) is 50.9 Å². The van der Waals surface area contributed by atoms with Gasteiger partial charge in [-0.1, -0.05) is 32.0 Å². The van der Waals surface area contributed by atoms with E-state index in [0.717, 1.165) is 11.3 Å². The predicted molar refractivity (Wildman–Crippen MR) is 61.5 cm³/mol. The standard InChI is InChI=1S/C12H15N3O/c1-12(2,7-16)10-5-3-4-6-11(10)15-9-13-8-14-15/h3-6,8-9,16H,7H2,1-2H3. The van der Waals surface area contributed by atoms with Gasteiger partial charge in [0.2, 0.25) is 0 Å². The third-order valence-electron chi connectivity index (χ3n) is 2.69. The fraction of sp³-hybridized carbons (Fsp3) is 0.333. The Balaban J connectivity index is 2.55. The third kappa shape index (κ3) is 1.84. The minimum Gasteiger partial charge on any atom is -0.395 e. The summed E-state index contributed by atoms with van der Waals surface area (Å²) in [7, 11) is 0. The molecule has 1 N–H and O–H groups in total. The van der Waals surface area contributed by atoms with E-state index < -0.39 is 0 Å². The summed E-state index contributed by atoms with van der Waals surface area (Å²) in [6.07, 6.45) is 3.16. The molecule has 1 aromatic heterocycles. The quantitative estimate of drug-likeness (QED) is 0.848. The van der Waals surface area contributed by atoms with Crippen molar-refractivity contribution in [3.8, 4) is 5.69 Å². The lowest BCUT2D eigenvalue weighted by molar-refractivity contribution is 0.218. The van der Waals surface area contributed by atoms with Gasteiger partial charge in [0.1, 0.15) is 12.7 Å². The van der Waals surface area contributed by atoms with E-state index in [1.165, 1.54) is 6.33 Å². The van der Waals surface area contributed by atoms with E-state index in [1.807, 2.05) is 38.1 Å². The fourth-order valence-corrected chi connectivity index (χ4v) is 1.66. The van der Waals surface area contributed by atoms with Gasteiger partial charge in [-0.15, -0.1) is 0 Å². The number of hydrogen-bond acceptors (Lipinski definition) is 3. The molecule has 2 aromatic rings. The van der Waals surface area contributed by atoms with Gasteiger partial charge in [-0.2, -0.15) is 5.10 Å². The first kappa shape index (κ1) is 10.8.